The molecule has 11 nitrogen and oxygen atoms in total. The Morgan fingerprint density at radius 3 is 1.58 bits per heavy atom. The third kappa shape index (κ3) is 4.14. The molecule has 1 aromatic rings. The third-order valence-corrected chi connectivity index (χ3v) is 5.02. The van der Waals surface area contributed by atoms with Gasteiger partial charge in [0.15, 0.2) is 0 Å². The maximum absolute atomic E-state index is 13.2. The second-order valence-electron chi connectivity index (χ2n) is 6.34. The van der Waals surface area contributed by atoms with E-state index >= 15 is 0 Å². The average Bonchev–Trinajstić information content (AvgIpc) is 3.14. The zero-order chi connectivity index (χ0) is 24.9. The molecular weight excluding hydrogens is 462 g/mol. The van der Waals surface area contributed by atoms with Crippen LogP contribution in [0.15, 0.2) is 46.7 Å². The molecule has 1 aliphatic rings. The molecule has 1 aromatic carbocycles. The summed E-state index contributed by atoms with van der Waals surface area (Å²) in [4.78, 5) is 64.8. The van der Waals surface area contributed by atoms with Crippen LogP contribution in [0.25, 0.3) is 0 Å². The van der Waals surface area contributed by atoms with Crippen LogP contribution < -0.4 is 5.32 Å². The molecule has 1 N–H and O–H groups in total. The Labute approximate surface area is 193 Å². The van der Waals surface area contributed by atoms with Crippen molar-refractivity contribution in [2.45, 2.75) is 0 Å². The molecule has 0 heterocycles. The first-order chi connectivity index (χ1) is 15.6. The largest absolute Gasteiger partial charge is 0.468 e. The predicted octanol–water partition coefficient (Wildman–Crippen LogP) is 1.17. The molecule has 0 unspecified atom stereocenters. The van der Waals surface area contributed by atoms with E-state index < -0.39 is 57.7 Å². The molecule has 0 spiro atoms. The number of hydrogen-bond acceptors (Lipinski definition) is 11. The SMILES string of the molecule is COC(=O)C1=C(Nc2ccc(Cl)cc2)C(C(=O)OC)(C(=O)OC)C(C(=O)OC)=C1C(=O)OC. The van der Waals surface area contributed by atoms with Crippen molar-refractivity contribution in [3.05, 3.63) is 51.7 Å². The van der Waals surface area contributed by atoms with Crippen LogP contribution in [-0.2, 0) is 47.7 Å². The van der Waals surface area contributed by atoms with E-state index in [9.17, 15) is 24.0 Å². The van der Waals surface area contributed by atoms with E-state index in [0.717, 1.165) is 35.5 Å². The molecule has 0 saturated heterocycles. The first kappa shape index (κ1) is 25.4. The highest BCUT2D eigenvalue weighted by atomic mass is 35.5. The van der Waals surface area contributed by atoms with E-state index in [4.69, 9.17) is 35.3 Å². The molecular formula is C21H20ClNO10. The Balaban J connectivity index is 3.10. The van der Waals surface area contributed by atoms with Gasteiger partial charge in [-0.15, -0.1) is 0 Å². The number of esters is 5. The van der Waals surface area contributed by atoms with E-state index in [-0.39, 0.29) is 5.69 Å². The number of nitrogens with one attached hydrogen (secondary N) is 1. The Bertz CT molecular complexity index is 1060. The van der Waals surface area contributed by atoms with Crippen molar-refractivity contribution in [2.24, 2.45) is 5.41 Å². The van der Waals surface area contributed by atoms with Crippen LogP contribution in [0.5, 0.6) is 0 Å². The molecule has 176 valence electrons. The highest BCUT2D eigenvalue weighted by molar-refractivity contribution is 6.30. The second-order valence-corrected chi connectivity index (χ2v) is 6.78. The van der Waals surface area contributed by atoms with Crippen molar-refractivity contribution in [2.75, 3.05) is 40.9 Å². The lowest BCUT2D eigenvalue weighted by Crippen LogP contribution is -2.47. The molecule has 0 aliphatic heterocycles. The van der Waals surface area contributed by atoms with Crippen molar-refractivity contribution in [1.82, 2.24) is 0 Å². The van der Waals surface area contributed by atoms with Gasteiger partial charge in [-0.05, 0) is 24.3 Å². The van der Waals surface area contributed by atoms with Crippen molar-refractivity contribution >= 4 is 47.1 Å². The van der Waals surface area contributed by atoms with Gasteiger partial charge >= 0.3 is 29.8 Å². The molecule has 0 saturated carbocycles. The van der Waals surface area contributed by atoms with Gasteiger partial charge in [0.25, 0.3) is 0 Å². The maximum Gasteiger partial charge on any atom is 0.340 e. The van der Waals surface area contributed by atoms with Crippen LogP contribution in [0.4, 0.5) is 5.69 Å². The maximum atomic E-state index is 13.2. The molecule has 0 aromatic heterocycles. The molecule has 0 atom stereocenters. The monoisotopic (exact) mass is 481 g/mol. The van der Waals surface area contributed by atoms with Crippen molar-refractivity contribution < 1.29 is 47.7 Å². The standard InChI is InChI=1S/C21H20ClNO10/c1-29-16(24)12-13(17(25)30-2)15(23-11-8-6-10(22)7-9-11)21(19(27)32-4,20(28)33-5)14(12)18(26)31-3/h6-9,23H,1-5H3. The number of halogens is 1. The van der Waals surface area contributed by atoms with Crippen LogP contribution in [0, 0.1) is 5.41 Å². The van der Waals surface area contributed by atoms with E-state index in [1.54, 1.807) is 0 Å². The fraction of sp³-hybridized carbons (Fsp3) is 0.286. The van der Waals surface area contributed by atoms with Gasteiger partial charge in [0.2, 0.25) is 5.41 Å². The third-order valence-electron chi connectivity index (χ3n) is 4.77. The summed E-state index contributed by atoms with van der Waals surface area (Å²) in [5.41, 5.74) is -5.27. The number of carbonyl (C=O) groups is 5. The highest BCUT2D eigenvalue weighted by Crippen LogP contribution is 2.50. The van der Waals surface area contributed by atoms with Gasteiger partial charge in [-0.3, -0.25) is 9.59 Å². The zero-order valence-corrected chi connectivity index (χ0v) is 19.0. The minimum absolute atomic E-state index is 0.225. The molecule has 12 heteroatoms. The first-order valence-corrected chi connectivity index (χ1v) is 9.47. The lowest BCUT2D eigenvalue weighted by atomic mass is 9.78. The van der Waals surface area contributed by atoms with Gasteiger partial charge in [-0.25, -0.2) is 14.4 Å². The molecule has 2 rings (SSSR count). The lowest BCUT2D eigenvalue weighted by molar-refractivity contribution is -0.165. The minimum Gasteiger partial charge on any atom is -0.468 e. The molecule has 0 radical (unpaired) electrons. The summed E-state index contributed by atoms with van der Waals surface area (Å²) in [5.74, 6) is -6.36. The number of carbonyl (C=O) groups excluding carboxylic acids is 5. The molecule has 0 fully saturated rings. The summed E-state index contributed by atoms with van der Waals surface area (Å²) in [6.07, 6.45) is 0. The number of rotatable bonds is 7. The fourth-order valence-electron chi connectivity index (χ4n) is 3.35. The molecule has 33 heavy (non-hydrogen) atoms. The summed E-state index contributed by atoms with van der Waals surface area (Å²) in [5, 5.41) is 3.10. The van der Waals surface area contributed by atoms with E-state index in [2.05, 4.69) is 5.32 Å². The van der Waals surface area contributed by atoms with Gasteiger partial charge in [0.1, 0.15) is 0 Å². The smallest absolute Gasteiger partial charge is 0.340 e. The number of anilines is 1. The van der Waals surface area contributed by atoms with E-state index in [1.807, 2.05) is 0 Å². The van der Waals surface area contributed by atoms with Crippen LogP contribution in [0.3, 0.4) is 0 Å². The van der Waals surface area contributed by atoms with Gasteiger partial charge in [-0.1, -0.05) is 11.6 Å². The first-order valence-electron chi connectivity index (χ1n) is 9.09. The summed E-state index contributed by atoms with van der Waals surface area (Å²) >= 11 is 5.91. The molecule has 0 amide bonds. The molecule has 1 aliphatic carbocycles. The number of hydrogen-bond donors (Lipinski definition) is 1. The number of benzene rings is 1. The Morgan fingerprint density at radius 2 is 1.15 bits per heavy atom. The van der Waals surface area contributed by atoms with Crippen LogP contribution in [0.1, 0.15) is 0 Å². The Kier molecular flexibility index (Phi) is 7.83. The minimum atomic E-state index is -2.76. The van der Waals surface area contributed by atoms with Gasteiger partial charge in [0, 0.05) is 10.7 Å². The van der Waals surface area contributed by atoms with Crippen molar-refractivity contribution in [3.8, 4) is 0 Å². The van der Waals surface area contributed by atoms with Gasteiger partial charge < -0.3 is 29.0 Å². The summed E-state index contributed by atoms with van der Waals surface area (Å²) in [6.45, 7) is 0. The van der Waals surface area contributed by atoms with Gasteiger partial charge in [-0.2, -0.15) is 0 Å². The average molecular weight is 482 g/mol. The molecule has 0 bridgehead atoms. The normalized spacial score (nSPS) is 14.4. The topological polar surface area (TPSA) is 144 Å². The van der Waals surface area contributed by atoms with E-state index in [1.165, 1.54) is 24.3 Å². The van der Waals surface area contributed by atoms with Crippen LogP contribution >= 0.6 is 11.6 Å². The highest BCUT2D eigenvalue weighted by Gasteiger charge is 2.65. The van der Waals surface area contributed by atoms with Gasteiger partial charge in [0.05, 0.1) is 58.0 Å². The zero-order valence-electron chi connectivity index (χ0n) is 18.3. The quantitative estimate of drug-likeness (QED) is 0.340. The van der Waals surface area contributed by atoms with E-state index in [0.29, 0.717) is 5.02 Å². The summed E-state index contributed by atoms with van der Waals surface area (Å²) in [7, 11) is 4.80. The summed E-state index contributed by atoms with van der Waals surface area (Å²) in [6, 6.07) is 5.87. The van der Waals surface area contributed by atoms with Crippen LogP contribution in [-0.4, -0.2) is 65.4 Å². The number of ether oxygens (including phenoxy) is 5. The predicted molar refractivity (Wildman–Crippen MR) is 112 cm³/mol. The van der Waals surface area contributed by atoms with Crippen molar-refractivity contribution in [3.63, 3.8) is 0 Å². The Hall–Kier alpha value is -3.86. The number of methoxy groups -OCH3 is 5. The second kappa shape index (κ2) is 10.2. The fourth-order valence-corrected chi connectivity index (χ4v) is 3.48. The Morgan fingerprint density at radius 1 is 0.697 bits per heavy atom. The van der Waals surface area contributed by atoms with Crippen molar-refractivity contribution in [1.29, 1.82) is 0 Å². The summed E-state index contributed by atoms with van der Waals surface area (Å²) < 4.78 is 23.9. The lowest BCUT2D eigenvalue weighted by Gasteiger charge is -2.29. The van der Waals surface area contributed by atoms with Crippen LogP contribution in [0.2, 0.25) is 5.02 Å².